The fourth-order valence-corrected chi connectivity index (χ4v) is 1.39. The second kappa shape index (κ2) is 5.52. The Morgan fingerprint density at radius 1 is 1.25 bits per heavy atom. The Kier molecular flexibility index (Phi) is 4.42. The summed E-state index contributed by atoms with van der Waals surface area (Å²) in [6, 6.07) is 2.85. The molecule has 0 aromatic heterocycles. The molecule has 0 saturated heterocycles. The molecule has 1 aromatic carbocycles. The Morgan fingerprint density at radius 2 is 1.85 bits per heavy atom. The molecule has 0 saturated carbocycles. The normalized spacial score (nSPS) is 11.9. The van der Waals surface area contributed by atoms with E-state index in [-0.39, 0.29) is 5.56 Å². The smallest absolute Gasteiger partial charge is 0.418 e. The number of carbonyl (C=O) groups excluding carboxylic acids is 2. The van der Waals surface area contributed by atoms with E-state index in [2.05, 4.69) is 0 Å². The standard InChI is InChI=1S/C13H14F3NO3/c1-12(2,3)20-11(19)17-10-5-4-8(7-18)6-9(10)13(14,15)16/h4-7H,1-3H3,(H,17,19). The minimum atomic E-state index is -4.69. The van der Waals surface area contributed by atoms with Crippen molar-refractivity contribution in [1.29, 1.82) is 0 Å². The number of alkyl halides is 3. The Labute approximate surface area is 113 Å². The van der Waals surface area contributed by atoms with Crippen LogP contribution in [0, 0.1) is 0 Å². The first-order valence-corrected chi connectivity index (χ1v) is 5.69. The monoisotopic (exact) mass is 289 g/mol. The summed E-state index contributed by atoms with van der Waals surface area (Å²) in [4.78, 5) is 22.0. The zero-order valence-corrected chi connectivity index (χ0v) is 11.2. The first-order chi connectivity index (χ1) is 9.03. The molecule has 0 aliphatic rings. The number of nitrogens with one attached hydrogen (secondary N) is 1. The highest BCUT2D eigenvalue weighted by Gasteiger charge is 2.34. The molecule has 0 fully saturated rings. The molecule has 0 unspecified atom stereocenters. The summed E-state index contributed by atoms with van der Waals surface area (Å²) in [5.41, 5.74) is -2.53. The van der Waals surface area contributed by atoms with Crippen molar-refractivity contribution in [2.24, 2.45) is 0 Å². The summed E-state index contributed by atoms with van der Waals surface area (Å²) in [6.45, 7) is 4.77. The van der Waals surface area contributed by atoms with E-state index in [9.17, 15) is 22.8 Å². The lowest BCUT2D eigenvalue weighted by Crippen LogP contribution is -2.28. The van der Waals surface area contributed by atoms with Crippen LogP contribution in [0.1, 0.15) is 36.7 Å². The third kappa shape index (κ3) is 4.56. The fraction of sp³-hybridized carbons (Fsp3) is 0.385. The van der Waals surface area contributed by atoms with E-state index < -0.39 is 29.1 Å². The predicted molar refractivity (Wildman–Crippen MR) is 66.7 cm³/mol. The Hall–Kier alpha value is -2.05. The predicted octanol–water partition coefficient (Wildman–Crippen LogP) is 3.86. The van der Waals surface area contributed by atoms with Gasteiger partial charge in [0.2, 0.25) is 0 Å². The molecule has 110 valence electrons. The number of halogens is 3. The van der Waals surface area contributed by atoms with E-state index >= 15 is 0 Å². The van der Waals surface area contributed by atoms with Crippen LogP contribution in [0.4, 0.5) is 23.7 Å². The van der Waals surface area contributed by atoms with Gasteiger partial charge < -0.3 is 4.74 Å². The van der Waals surface area contributed by atoms with Crippen LogP contribution in [-0.4, -0.2) is 18.0 Å². The molecule has 0 bridgehead atoms. The van der Waals surface area contributed by atoms with Gasteiger partial charge in [0.15, 0.2) is 0 Å². The first-order valence-electron chi connectivity index (χ1n) is 5.69. The minimum absolute atomic E-state index is 0.132. The van der Waals surface area contributed by atoms with Crippen molar-refractivity contribution in [3.05, 3.63) is 29.3 Å². The fourth-order valence-electron chi connectivity index (χ4n) is 1.39. The number of anilines is 1. The number of carbonyl (C=O) groups is 2. The third-order valence-electron chi connectivity index (χ3n) is 2.12. The zero-order valence-electron chi connectivity index (χ0n) is 11.2. The quantitative estimate of drug-likeness (QED) is 0.841. The second-order valence-electron chi connectivity index (χ2n) is 5.05. The summed E-state index contributed by atoms with van der Waals surface area (Å²) in [7, 11) is 0. The average molecular weight is 289 g/mol. The van der Waals surface area contributed by atoms with Crippen molar-refractivity contribution in [2.45, 2.75) is 32.5 Å². The van der Waals surface area contributed by atoms with Gasteiger partial charge in [-0.3, -0.25) is 10.1 Å². The van der Waals surface area contributed by atoms with Crippen LogP contribution >= 0.6 is 0 Å². The van der Waals surface area contributed by atoms with E-state index in [0.717, 1.165) is 6.07 Å². The third-order valence-corrected chi connectivity index (χ3v) is 2.12. The van der Waals surface area contributed by atoms with Gasteiger partial charge in [-0.15, -0.1) is 0 Å². The van der Waals surface area contributed by atoms with Gasteiger partial charge in [-0.05, 0) is 39.0 Å². The van der Waals surface area contributed by atoms with Crippen LogP contribution in [0.5, 0.6) is 0 Å². The highest BCUT2D eigenvalue weighted by molar-refractivity contribution is 5.87. The molecular weight excluding hydrogens is 275 g/mol. The molecule has 7 heteroatoms. The summed E-state index contributed by atoms with van der Waals surface area (Å²) >= 11 is 0. The minimum Gasteiger partial charge on any atom is -0.444 e. The maximum absolute atomic E-state index is 12.8. The lowest BCUT2D eigenvalue weighted by molar-refractivity contribution is -0.136. The molecule has 0 aliphatic heterocycles. The Bertz CT molecular complexity index is 519. The van der Waals surface area contributed by atoms with E-state index in [1.807, 2.05) is 5.32 Å². The van der Waals surface area contributed by atoms with Crippen LogP contribution in [0.25, 0.3) is 0 Å². The van der Waals surface area contributed by atoms with Gasteiger partial charge in [0, 0.05) is 5.56 Å². The van der Waals surface area contributed by atoms with Crippen molar-refractivity contribution in [3.8, 4) is 0 Å². The second-order valence-corrected chi connectivity index (χ2v) is 5.05. The molecule has 1 N–H and O–H groups in total. The van der Waals surface area contributed by atoms with Crippen LogP contribution in [0.3, 0.4) is 0 Å². The van der Waals surface area contributed by atoms with E-state index in [1.165, 1.54) is 6.07 Å². The van der Waals surface area contributed by atoms with Gasteiger partial charge in [0.05, 0.1) is 11.3 Å². The summed E-state index contributed by atoms with van der Waals surface area (Å²) in [5, 5.41) is 2.03. The number of amides is 1. The van der Waals surface area contributed by atoms with E-state index in [4.69, 9.17) is 4.74 Å². The van der Waals surface area contributed by atoms with Gasteiger partial charge in [0.1, 0.15) is 11.9 Å². The number of hydrogen-bond acceptors (Lipinski definition) is 3. The molecule has 4 nitrogen and oxygen atoms in total. The molecule has 20 heavy (non-hydrogen) atoms. The summed E-state index contributed by atoms with van der Waals surface area (Å²) in [6.07, 6.45) is -5.39. The molecule has 0 heterocycles. The molecule has 1 rings (SSSR count). The summed E-state index contributed by atoms with van der Waals surface area (Å²) < 4.78 is 43.4. The van der Waals surface area contributed by atoms with Crippen molar-refractivity contribution in [3.63, 3.8) is 0 Å². The molecular formula is C13H14F3NO3. The number of benzene rings is 1. The van der Waals surface area contributed by atoms with Gasteiger partial charge in [-0.25, -0.2) is 4.79 Å². The summed E-state index contributed by atoms with van der Waals surface area (Å²) in [5.74, 6) is 0. The van der Waals surface area contributed by atoms with Crippen LogP contribution in [-0.2, 0) is 10.9 Å². The number of ether oxygens (including phenoxy) is 1. The van der Waals surface area contributed by atoms with E-state index in [0.29, 0.717) is 12.4 Å². The first kappa shape index (κ1) is 16.0. The molecule has 0 radical (unpaired) electrons. The van der Waals surface area contributed by atoms with Crippen LogP contribution < -0.4 is 5.32 Å². The molecule has 0 atom stereocenters. The van der Waals surface area contributed by atoms with Gasteiger partial charge in [0.25, 0.3) is 0 Å². The SMILES string of the molecule is CC(C)(C)OC(=O)Nc1ccc(C=O)cc1C(F)(F)F. The largest absolute Gasteiger partial charge is 0.444 e. The van der Waals surface area contributed by atoms with Crippen molar-refractivity contribution >= 4 is 18.1 Å². The lowest BCUT2D eigenvalue weighted by atomic mass is 10.1. The van der Waals surface area contributed by atoms with Gasteiger partial charge >= 0.3 is 12.3 Å². The zero-order chi connectivity index (χ0) is 15.6. The van der Waals surface area contributed by atoms with Gasteiger partial charge in [-0.2, -0.15) is 13.2 Å². The Morgan fingerprint density at radius 3 is 2.30 bits per heavy atom. The number of rotatable bonds is 2. The van der Waals surface area contributed by atoms with Crippen molar-refractivity contribution in [1.82, 2.24) is 0 Å². The molecule has 1 amide bonds. The topological polar surface area (TPSA) is 55.4 Å². The number of hydrogen-bond donors (Lipinski definition) is 1. The Balaban J connectivity index is 3.06. The van der Waals surface area contributed by atoms with Crippen LogP contribution in [0.2, 0.25) is 0 Å². The lowest BCUT2D eigenvalue weighted by Gasteiger charge is -2.21. The molecule has 0 aliphatic carbocycles. The highest BCUT2D eigenvalue weighted by atomic mass is 19.4. The van der Waals surface area contributed by atoms with Crippen LogP contribution in [0.15, 0.2) is 18.2 Å². The van der Waals surface area contributed by atoms with Crippen molar-refractivity contribution < 1.29 is 27.5 Å². The molecule has 0 spiro atoms. The van der Waals surface area contributed by atoms with Crippen molar-refractivity contribution in [2.75, 3.05) is 5.32 Å². The average Bonchev–Trinajstić information content (AvgIpc) is 2.25. The van der Waals surface area contributed by atoms with Gasteiger partial charge in [-0.1, -0.05) is 0 Å². The number of aldehydes is 1. The molecule has 1 aromatic rings. The maximum Gasteiger partial charge on any atom is 0.418 e. The maximum atomic E-state index is 12.8. The van der Waals surface area contributed by atoms with E-state index in [1.54, 1.807) is 20.8 Å². The highest BCUT2D eigenvalue weighted by Crippen LogP contribution is 2.35.